The van der Waals surface area contributed by atoms with Crippen LogP contribution in [-0.2, 0) is 9.47 Å². The van der Waals surface area contributed by atoms with Crippen LogP contribution in [0.2, 0.25) is 0 Å². The monoisotopic (exact) mass is 760 g/mol. The Morgan fingerprint density at radius 2 is 1.19 bits per heavy atom. The van der Waals surface area contributed by atoms with Crippen molar-refractivity contribution in [1.29, 1.82) is 0 Å². The summed E-state index contributed by atoms with van der Waals surface area (Å²) >= 11 is 0. The maximum atomic E-state index is 5.61. The molecule has 2 aliphatic carbocycles. The zero-order valence-electron chi connectivity index (χ0n) is 34.0. The molecule has 6 heterocycles. The van der Waals surface area contributed by atoms with Crippen LogP contribution < -0.4 is 30.7 Å². The van der Waals surface area contributed by atoms with E-state index < -0.39 is 0 Å². The fraction of sp³-hybridized carbons (Fsp3) is 0.388. The number of piperidine rings is 2. The first-order chi connectivity index (χ1) is 27.9. The molecule has 2 aromatic carbocycles. The van der Waals surface area contributed by atoms with E-state index in [2.05, 4.69) is 154 Å². The molecule has 2 atom stereocenters. The Bertz CT molecular complexity index is 2420. The first-order valence-electron chi connectivity index (χ1n) is 21.1. The Morgan fingerprint density at radius 3 is 1.79 bits per heavy atom. The summed E-state index contributed by atoms with van der Waals surface area (Å²) in [4.78, 5) is 14.7. The topological polar surface area (TPSA) is 37.9 Å². The summed E-state index contributed by atoms with van der Waals surface area (Å²) in [6, 6.07) is 9.58. The number of methoxy groups -OCH3 is 2. The van der Waals surface area contributed by atoms with Gasteiger partial charge in [-0.2, -0.15) is 0 Å². The van der Waals surface area contributed by atoms with Gasteiger partial charge in [0.1, 0.15) is 11.5 Å². The van der Waals surface area contributed by atoms with Crippen LogP contribution in [0.1, 0.15) is 43.2 Å². The normalized spacial score (nSPS) is 23.8. The average molecular weight is 761 g/mol. The minimum atomic E-state index is 0.248. The van der Waals surface area contributed by atoms with Crippen molar-refractivity contribution in [2.45, 2.75) is 44.2 Å². The lowest BCUT2D eigenvalue weighted by molar-refractivity contribution is 0.109. The second-order valence-electron chi connectivity index (χ2n) is 16.9. The Kier molecular flexibility index (Phi) is 9.40. The van der Waals surface area contributed by atoms with Crippen molar-refractivity contribution in [3.05, 3.63) is 129 Å². The van der Waals surface area contributed by atoms with E-state index in [1.807, 2.05) is 0 Å². The molecule has 57 heavy (non-hydrogen) atoms. The van der Waals surface area contributed by atoms with Gasteiger partial charge in [-0.3, -0.25) is 0 Å². The summed E-state index contributed by atoms with van der Waals surface area (Å²) in [7, 11) is 7.90. The van der Waals surface area contributed by atoms with Gasteiger partial charge in [0.05, 0.1) is 26.3 Å². The molecule has 2 saturated heterocycles. The third-order valence-electron chi connectivity index (χ3n) is 13.9. The number of allylic oxidation sites excluding steroid dienone is 2. The standard InChI is InChI=1S/C49H56N6O2/c1-50-44-12-8-38(56-3)30-40(44)48-42-32-54(26-18-36(42)6-10-46(48)50)21-5-20-52-22-14-34(15-23-52)35-16-24-53(25-17-35)28-29-55-27-19-37-7-11-47-49(43(37)33-55)41-31-39(57-4)9-13-45(41)51(47)2/h6-13,18-19,26-35,44-45H,5,14-17,20-25H2,1-4H3/b29-28+. The molecular weight excluding hydrogens is 705 g/mol. The molecular formula is C49H56N6O2. The van der Waals surface area contributed by atoms with Crippen molar-refractivity contribution in [3.63, 3.8) is 0 Å². The number of likely N-dealkylation sites (N-methyl/N-ethyl adjacent to an activating group) is 2. The van der Waals surface area contributed by atoms with E-state index in [9.17, 15) is 0 Å². The lowest BCUT2D eigenvalue weighted by Crippen LogP contribution is -2.40. The Hall–Kier alpha value is -5.34. The van der Waals surface area contributed by atoms with Crippen molar-refractivity contribution in [1.82, 2.24) is 19.6 Å². The highest BCUT2D eigenvalue weighted by Crippen LogP contribution is 2.34. The van der Waals surface area contributed by atoms with Gasteiger partial charge in [0.15, 0.2) is 0 Å². The van der Waals surface area contributed by atoms with Gasteiger partial charge in [0.2, 0.25) is 0 Å². The van der Waals surface area contributed by atoms with E-state index in [-0.39, 0.29) is 12.1 Å². The highest BCUT2D eigenvalue weighted by molar-refractivity contribution is 5.83. The SMILES string of the molecule is COC1=CC2=c3c(ccc4c3=CN(/C=C/N3CCC(C5CCN(CCCN6C=Cc7ccc8c(c7=C6)=C6C=C(OC)C=CC6N8C)CC5)CC3)C=C4)N(C)C2C=C1. The Labute approximate surface area is 337 Å². The number of ether oxygens (including phenoxy) is 2. The van der Waals surface area contributed by atoms with Crippen LogP contribution in [0.25, 0.3) is 35.7 Å². The maximum absolute atomic E-state index is 5.61. The van der Waals surface area contributed by atoms with Gasteiger partial charge in [0.25, 0.3) is 0 Å². The summed E-state index contributed by atoms with van der Waals surface area (Å²) < 4.78 is 11.2. The van der Waals surface area contributed by atoms with Crippen LogP contribution in [0.4, 0.5) is 11.4 Å². The third kappa shape index (κ3) is 6.52. The molecule has 0 spiro atoms. The van der Waals surface area contributed by atoms with Crippen molar-refractivity contribution in [2.75, 3.05) is 77.4 Å². The molecule has 8 heteroatoms. The molecule has 2 aromatic rings. The molecule has 8 aliphatic rings. The van der Waals surface area contributed by atoms with E-state index in [1.165, 1.54) is 106 Å². The van der Waals surface area contributed by atoms with Crippen LogP contribution >= 0.6 is 0 Å². The van der Waals surface area contributed by atoms with E-state index in [0.717, 1.165) is 43.0 Å². The van der Waals surface area contributed by atoms with Gasteiger partial charge >= 0.3 is 0 Å². The minimum Gasteiger partial charge on any atom is -0.497 e. The molecule has 10 rings (SSSR count). The Balaban J connectivity index is 0.716. The molecule has 0 amide bonds. The number of nitrogens with zero attached hydrogens (tertiary/aromatic N) is 6. The number of likely N-dealkylation sites (tertiary alicyclic amines) is 2. The average Bonchev–Trinajstić information content (AvgIpc) is 3.72. The zero-order chi connectivity index (χ0) is 38.6. The summed E-state index contributed by atoms with van der Waals surface area (Å²) in [6.45, 7) is 7.00. The number of hydrogen-bond acceptors (Lipinski definition) is 8. The van der Waals surface area contributed by atoms with E-state index in [4.69, 9.17) is 9.47 Å². The highest BCUT2D eigenvalue weighted by atomic mass is 16.5. The predicted octanol–water partition coefficient (Wildman–Crippen LogP) is 4.86. The summed E-state index contributed by atoms with van der Waals surface area (Å²) in [6.07, 6.45) is 37.8. The second kappa shape index (κ2) is 14.9. The molecule has 0 radical (unpaired) electrons. The van der Waals surface area contributed by atoms with Gasteiger partial charge in [-0.25, -0.2) is 0 Å². The molecule has 2 unspecified atom stereocenters. The summed E-state index contributed by atoms with van der Waals surface area (Å²) in [5.41, 5.74) is 7.80. The summed E-state index contributed by atoms with van der Waals surface area (Å²) in [5.74, 6) is 3.55. The number of anilines is 2. The molecule has 0 N–H and O–H groups in total. The largest absolute Gasteiger partial charge is 0.497 e. The van der Waals surface area contributed by atoms with Crippen molar-refractivity contribution in [3.8, 4) is 0 Å². The third-order valence-corrected chi connectivity index (χ3v) is 13.9. The lowest BCUT2D eigenvalue weighted by Gasteiger charge is -2.40. The molecule has 2 fully saturated rings. The van der Waals surface area contributed by atoms with Crippen LogP contribution in [0.3, 0.4) is 0 Å². The second-order valence-corrected chi connectivity index (χ2v) is 16.9. The number of fused-ring (bicyclic) bond motifs is 8. The smallest absolute Gasteiger partial charge is 0.119 e. The molecule has 0 bridgehead atoms. The number of rotatable bonds is 9. The zero-order valence-corrected chi connectivity index (χ0v) is 34.0. The van der Waals surface area contributed by atoms with E-state index in [1.54, 1.807) is 14.2 Å². The van der Waals surface area contributed by atoms with Crippen LogP contribution in [-0.4, -0.2) is 99.3 Å². The molecule has 294 valence electrons. The van der Waals surface area contributed by atoms with E-state index >= 15 is 0 Å². The van der Waals surface area contributed by atoms with Gasteiger partial charge in [0, 0.05) is 103 Å². The van der Waals surface area contributed by atoms with Crippen molar-refractivity contribution >= 4 is 47.1 Å². The van der Waals surface area contributed by atoms with Gasteiger partial charge < -0.3 is 38.9 Å². The fourth-order valence-electron chi connectivity index (χ4n) is 10.6. The molecule has 0 saturated carbocycles. The fourth-order valence-corrected chi connectivity index (χ4v) is 10.6. The quantitative estimate of drug-likeness (QED) is 0.360. The van der Waals surface area contributed by atoms with Gasteiger partial charge in [-0.05, 0) is 134 Å². The molecule has 0 aromatic heterocycles. The van der Waals surface area contributed by atoms with E-state index in [0.29, 0.717) is 0 Å². The van der Waals surface area contributed by atoms with Crippen molar-refractivity contribution < 1.29 is 9.47 Å². The Morgan fingerprint density at radius 1 is 0.632 bits per heavy atom. The number of hydrogen-bond donors (Lipinski definition) is 0. The first-order valence-corrected chi connectivity index (χ1v) is 21.1. The van der Waals surface area contributed by atoms with Crippen LogP contribution in [0, 0.1) is 11.8 Å². The maximum Gasteiger partial charge on any atom is 0.119 e. The first kappa shape index (κ1) is 36.0. The van der Waals surface area contributed by atoms with Crippen LogP contribution in [0.15, 0.2) is 97.0 Å². The van der Waals surface area contributed by atoms with Gasteiger partial charge in [-0.15, -0.1) is 0 Å². The van der Waals surface area contributed by atoms with Crippen LogP contribution in [0.5, 0.6) is 0 Å². The van der Waals surface area contributed by atoms with Gasteiger partial charge in [-0.1, -0.05) is 24.3 Å². The lowest BCUT2D eigenvalue weighted by atomic mass is 9.79. The van der Waals surface area contributed by atoms with Crippen molar-refractivity contribution in [2.24, 2.45) is 11.8 Å². The minimum absolute atomic E-state index is 0.248. The summed E-state index contributed by atoms with van der Waals surface area (Å²) in [5, 5.41) is 5.30. The molecule has 6 aliphatic heterocycles. The predicted molar refractivity (Wildman–Crippen MR) is 234 cm³/mol. The number of benzene rings is 2. The highest BCUT2D eigenvalue weighted by Gasteiger charge is 2.32. The molecule has 8 nitrogen and oxygen atoms in total.